The number of allylic oxidation sites excluding steroid dienone is 4. The zero-order chi connectivity index (χ0) is 25.2. The summed E-state index contributed by atoms with van der Waals surface area (Å²) in [7, 11) is 1.37. The number of carbonyl (C=O) groups excluding carboxylic acids is 2. The molecule has 0 fully saturated rings. The quantitative estimate of drug-likeness (QED) is 0.254. The van der Waals surface area contributed by atoms with E-state index in [1.54, 1.807) is 18.2 Å². The van der Waals surface area contributed by atoms with E-state index in [1.165, 1.54) is 19.3 Å². The lowest BCUT2D eigenvalue weighted by atomic mass is 9.85. The second-order valence-corrected chi connectivity index (χ2v) is 7.34. The van der Waals surface area contributed by atoms with Crippen LogP contribution in [0.5, 0.6) is 0 Å². The third-order valence-electron chi connectivity index (χ3n) is 4.98. The first kappa shape index (κ1) is 27.7. The number of nitrogens with zero attached hydrogens (tertiary/aromatic N) is 3. The summed E-state index contributed by atoms with van der Waals surface area (Å²) in [6.07, 6.45) is 4.23. The Morgan fingerprint density at radius 3 is 2.11 bits per heavy atom. The molecule has 36 heavy (non-hydrogen) atoms. The van der Waals surface area contributed by atoms with E-state index in [2.05, 4.69) is 21.8 Å². The van der Waals surface area contributed by atoms with Crippen molar-refractivity contribution in [3.05, 3.63) is 114 Å². The maximum Gasteiger partial charge on any atom is 0.220 e. The van der Waals surface area contributed by atoms with E-state index in [4.69, 9.17) is 16.2 Å². The Morgan fingerprint density at radius 2 is 1.53 bits per heavy atom. The second kappa shape index (κ2) is 13.4. The zero-order valence-electron chi connectivity index (χ0n) is 19.6. The topological polar surface area (TPSA) is 133 Å². The Labute approximate surface area is 215 Å². The highest BCUT2D eigenvalue weighted by Crippen LogP contribution is 2.29. The van der Waals surface area contributed by atoms with Crippen molar-refractivity contribution >= 4 is 47.0 Å². The number of azo groups is 1. The summed E-state index contributed by atoms with van der Waals surface area (Å²) in [5.41, 5.74) is 13.7. The minimum atomic E-state index is -0.292. The molecule has 4 rings (SSSR count). The number of rotatable bonds is 6. The van der Waals surface area contributed by atoms with Gasteiger partial charge in [-0.15, -0.1) is 24.1 Å². The number of aromatic nitrogens is 1. The Balaban J connectivity index is 0.000000250. The van der Waals surface area contributed by atoms with Crippen molar-refractivity contribution in [2.24, 2.45) is 10.2 Å². The minimum Gasteiger partial charge on any atom is -0.493 e. The van der Waals surface area contributed by atoms with Crippen molar-refractivity contribution < 1.29 is 14.3 Å². The number of hydrogen-bond acceptors (Lipinski definition) is 8. The molecule has 0 spiro atoms. The van der Waals surface area contributed by atoms with E-state index >= 15 is 0 Å². The molecule has 0 amide bonds. The maximum atomic E-state index is 12.1. The van der Waals surface area contributed by atoms with Crippen LogP contribution >= 0.6 is 12.4 Å². The first-order chi connectivity index (χ1) is 16.9. The molecule has 3 aromatic rings. The van der Waals surface area contributed by atoms with E-state index in [0.717, 1.165) is 11.3 Å². The summed E-state index contributed by atoms with van der Waals surface area (Å²) >= 11 is 0. The van der Waals surface area contributed by atoms with Gasteiger partial charge >= 0.3 is 0 Å². The van der Waals surface area contributed by atoms with E-state index in [0.29, 0.717) is 17.1 Å². The van der Waals surface area contributed by atoms with Crippen molar-refractivity contribution in [1.29, 1.82) is 0 Å². The molecule has 0 saturated heterocycles. The molecule has 0 aliphatic heterocycles. The molecule has 1 aliphatic carbocycles. The summed E-state index contributed by atoms with van der Waals surface area (Å²) in [4.78, 5) is 27.7. The molecule has 1 unspecified atom stereocenters. The van der Waals surface area contributed by atoms with Crippen molar-refractivity contribution in [3.8, 4) is 0 Å². The summed E-state index contributed by atoms with van der Waals surface area (Å²) < 4.78 is 4.86. The van der Waals surface area contributed by atoms with Crippen LogP contribution in [0.15, 0.2) is 119 Å². The summed E-state index contributed by atoms with van der Waals surface area (Å²) in [6, 6.07) is 22.2. The number of hydrogen-bond donors (Lipinski definition) is 2. The largest absolute Gasteiger partial charge is 0.493 e. The molecular formula is C27H26ClN5O3. The number of anilines is 2. The number of nitrogen functional groups attached to an aromatic ring is 2. The molecule has 2 aromatic carbocycles. The molecule has 0 saturated carbocycles. The van der Waals surface area contributed by atoms with Crippen LogP contribution in [-0.4, -0.2) is 23.7 Å². The average molecular weight is 504 g/mol. The highest BCUT2D eigenvalue weighted by molar-refractivity contribution is 6.19. The van der Waals surface area contributed by atoms with Gasteiger partial charge in [0.25, 0.3) is 0 Å². The van der Waals surface area contributed by atoms with Gasteiger partial charge in [0.1, 0.15) is 11.5 Å². The maximum absolute atomic E-state index is 12.1. The van der Waals surface area contributed by atoms with Gasteiger partial charge in [-0.1, -0.05) is 54.6 Å². The van der Waals surface area contributed by atoms with Crippen LogP contribution < -0.4 is 11.5 Å². The molecule has 1 heterocycles. The first-order valence-electron chi connectivity index (χ1n) is 10.6. The van der Waals surface area contributed by atoms with Crippen molar-refractivity contribution in [2.75, 3.05) is 18.6 Å². The van der Waals surface area contributed by atoms with Crippen LogP contribution in [0.1, 0.15) is 11.5 Å². The first-order valence-corrected chi connectivity index (χ1v) is 10.6. The summed E-state index contributed by atoms with van der Waals surface area (Å²) in [5, 5.41) is 8.03. The molecule has 0 bridgehead atoms. The van der Waals surface area contributed by atoms with E-state index < -0.39 is 0 Å². The number of carbonyl (C=O) groups is 2. The van der Waals surface area contributed by atoms with Gasteiger partial charge in [-0.05, 0) is 35.9 Å². The molecule has 8 nitrogen and oxygen atoms in total. The monoisotopic (exact) mass is 503 g/mol. The smallest absolute Gasteiger partial charge is 0.220 e. The van der Waals surface area contributed by atoms with Crippen LogP contribution in [0.4, 0.5) is 23.0 Å². The lowest BCUT2D eigenvalue weighted by molar-refractivity contribution is -0.117. The van der Waals surface area contributed by atoms with Gasteiger partial charge in [0, 0.05) is 17.6 Å². The highest BCUT2D eigenvalue weighted by Gasteiger charge is 2.26. The Hall–Kier alpha value is -4.56. The van der Waals surface area contributed by atoms with Crippen LogP contribution in [0, 0.1) is 0 Å². The third kappa shape index (κ3) is 7.22. The Morgan fingerprint density at radius 1 is 0.889 bits per heavy atom. The lowest BCUT2D eigenvalue weighted by Crippen LogP contribution is -2.18. The number of pyridine rings is 1. The standard InChI is InChI=1S/C16H14O3.C11H11N5.ClH/c1-3-12(11-7-5-4-6-8-11)13-9-15(18)16(19-2)10-14(13)17;12-10-7-6-9(11(13)14-10)16-15-8-4-2-1-3-5-8;/h3-10,12H,1H2,2H3;1-7H,(H4,12,13,14);1H. The predicted octanol–water partition coefficient (Wildman–Crippen LogP) is 5.65. The minimum absolute atomic E-state index is 0. The van der Waals surface area contributed by atoms with Gasteiger partial charge in [0.05, 0.1) is 12.8 Å². The van der Waals surface area contributed by atoms with Crippen molar-refractivity contribution in [3.63, 3.8) is 0 Å². The number of nitrogens with two attached hydrogens (primary N) is 2. The number of benzene rings is 2. The second-order valence-electron chi connectivity index (χ2n) is 7.34. The van der Waals surface area contributed by atoms with Gasteiger partial charge in [-0.25, -0.2) is 4.98 Å². The van der Waals surface area contributed by atoms with Crippen LogP contribution in [0.2, 0.25) is 0 Å². The average Bonchev–Trinajstić information content (AvgIpc) is 2.87. The van der Waals surface area contributed by atoms with Crippen molar-refractivity contribution in [1.82, 2.24) is 4.98 Å². The molecule has 1 atom stereocenters. The molecule has 1 aliphatic rings. The normalized spacial score (nSPS) is 13.5. The molecule has 184 valence electrons. The number of methoxy groups -OCH3 is 1. The zero-order valence-corrected chi connectivity index (χ0v) is 20.4. The van der Waals surface area contributed by atoms with Gasteiger partial charge in [0.15, 0.2) is 17.4 Å². The number of ether oxygens (including phenoxy) is 1. The molecule has 0 radical (unpaired) electrons. The van der Waals surface area contributed by atoms with Crippen LogP contribution in [-0.2, 0) is 14.3 Å². The molecule has 1 aromatic heterocycles. The summed E-state index contributed by atoms with van der Waals surface area (Å²) in [5.74, 6) is -0.0714. The Bertz CT molecular complexity index is 1310. The fourth-order valence-electron chi connectivity index (χ4n) is 3.24. The van der Waals surface area contributed by atoms with Crippen LogP contribution in [0.25, 0.3) is 0 Å². The van der Waals surface area contributed by atoms with Gasteiger partial charge in [-0.2, -0.15) is 5.11 Å². The Kier molecular flexibility index (Phi) is 10.3. The third-order valence-corrected chi connectivity index (χ3v) is 4.98. The highest BCUT2D eigenvalue weighted by atomic mass is 35.5. The van der Waals surface area contributed by atoms with Gasteiger partial charge < -0.3 is 16.2 Å². The predicted molar refractivity (Wildman–Crippen MR) is 143 cm³/mol. The molecule has 9 heteroatoms. The summed E-state index contributed by atoms with van der Waals surface area (Å²) in [6.45, 7) is 3.75. The molecule has 4 N–H and O–H groups in total. The van der Waals surface area contributed by atoms with E-state index in [1.807, 2.05) is 60.7 Å². The fourth-order valence-corrected chi connectivity index (χ4v) is 3.24. The molecular weight excluding hydrogens is 478 g/mol. The number of ketones is 2. The van der Waals surface area contributed by atoms with Crippen molar-refractivity contribution in [2.45, 2.75) is 5.92 Å². The lowest BCUT2D eigenvalue weighted by Gasteiger charge is -2.18. The van der Waals surface area contributed by atoms with Gasteiger partial charge in [-0.3, -0.25) is 9.59 Å². The van der Waals surface area contributed by atoms with Crippen LogP contribution in [0.3, 0.4) is 0 Å². The van der Waals surface area contributed by atoms with E-state index in [-0.39, 0.29) is 41.5 Å². The SMILES string of the molecule is C=CC(C1=CC(=O)C(OC)=CC1=O)c1ccccc1.Cl.Nc1ccc(N=Nc2ccccc2)c(N)n1. The fraction of sp³-hybridized carbons (Fsp3) is 0.0741. The van der Waals surface area contributed by atoms with E-state index in [9.17, 15) is 9.59 Å². The number of halogens is 1. The van der Waals surface area contributed by atoms with Gasteiger partial charge in [0.2, 0.25) is 5.78 Å².